The average Bonchev–Trinajstić information content (AvgIpc) is 2.56. The third-order valence-electron chi connectivity index (χ3n) is 2.77. The fourth-order valence-corrected chi connectivity index (χ4v) is 2.10. The Labute approximate surface area is 146 Å². The van der Waals surface area contributed by atoms with E-state index in [0.717, 1.165) is 0 Å². The van der Waals surface area contributed by atoms with E-state index in [9.17, 15) is 9.18 Å². The molecule has 1 aromatic carbocycles. The summed E-state index contributed by atoms with van der Waals surface area (Å²) in [6.07, 6.45) is 1.47. The van der Waals surface area contributed by atoms with Crippen molar-refractivity contribution in [3.63, 3.8) is 0 Å². The normalized spacial score (nSPS) is 10.1. The Balaban J connectivity index is 1.81. The van der Waals surface area contributed by atoms with Crippen LogP contribution in [0.4, 0.5) is 20.6 Å². The number of rotatable bonds is 7. The number of hydrogen-bond donors (Lipinski definition) is 3. The van der Waals surface area contributed by atoms with Gasteiger partial charge in [0, 0.05) is 17.6 Å². The van der Waals surface area contributed by atoms with Crippen LogP contribution >= 0.6 is 15.9 Å². The molecule has 3 N–H and O–H groups in total. The first-order valence-electron chi connectivity index (χ1n) is 6.94. The minimum atomic E-state index is -0.499. The molecule has 9 heteroatoms. The Morgan fingerprint density at radius 2 is 2.12 bits per heavy atom. The zero-order valence-electron chi connectivity index (χ0n) is 12.8. The summed E-state index contributed by atoms with van der Waals surface area (Å²) in [5.74, 6) is 0.0575. The van der Waals surface area contributed by atoms with Crippen LogP contribution in [0.1, 0.15) is 0 Å². The minimum absolute atomic E-state index is 0.379. The molecule has 0 aliphatic heterocycles. The number of ether oxygens (including phenoxy) is 2. The van der Waals surface area contributed by atoms with Crippen LogP contribution in [0.25, 0.3) is 0 Å². The van der Waals surface area contributed by atoms with Crippen molar-refractivity contribution in [2.75, 3.05) is 31.1 Å². The number of amides is 2. The molecule has 0 saturated carbocycles. The smallest absolute Gasteiger partial charge is 0.337 e. The van der Waals surface area contributed by atoms with Gasteiger partial charge in [0.15, 0.2) is 0 Å². The number of hydrogen-bond acceptors (Lipinski definition) is 5. The van der Waals surface area contributed by atoms with E-state index in [1.807, 2.05) is 0 Å². The van der Waals surface area contributed by atoms with Gasteiger partial charge in [0.25, 0.3) is 0 Å². The second-order valence-electron chi connectivity index (χ2n) is 4.55. The molecule has 0 spiro atoms. The molecule has 1 heterocycles. The first kappa shape index (κ1) is 18.0. The number of benzene rings is 1. The maximum atomic E-state index is 13.0. The van der Waals surface area contributed by atoms with E-state index in [1.54, 1.807) is 19.2 Å². The lowest BCUT2D eigenvalue weighted by molar-refractivity contribution is 0.144. The molecule has 7 nitrogen and oxygen atoms in total. The monoisotopic (exact) mass is 398 g/mol. The minimum Gasteiger partial charge on any atom is -0.475 e. The van der Waals surface area contributed by atoms with Gasteiger partial charge in [-0.25, -0.2) is 14.2 Å². The molecule has 2 aromatic rings. The number of hydrazine groups is 1. The molecule has 0 aliphatic carbocycles. The quantitative estimate of drug-likeness (QED) is 0.492. The predicted molar refractivity (Wildman–Crippen MR) is 91.5 cm³/mol. The van der Waals surface area contributed by atoms with Gasteiger partial charge < -0.3 is 14.8 Å². The third-order valence-corrected chi connectivity index (χ3v) is 3.43. The molecule has 0 unspecified atom stereocenters. The summed E-state index contributed by atoms with van der Waals surface area (Å²) in [6, 6.07) is 6.85. The number of pyridine rings is 1. The SMILES string of the molecule is COCCOc1ccc(NC(=O)NNc2ccc(F)cc2Br)cn1. The van der Waals surface area contributed by atoms with Crippen molar-refractivity contribution in [2.45, 2.75) is 0 Å². The second kappa shape index (κ2) is 9.04. The molecule has 2 rings (SSSR count). The number of nitrogens with zero attached hydrogens (tertiary/aromatic N) is 1. The third kappa shape index (κ3) is 5.67. The number of halogens is 2. The topological polar surface area (TPSA) is 84.5 Å². The summed E-state index contributed by atoms with van der Waals surface area (Å²) >= 11 is 3.19. The van der Waals surface area contributed by atoms with Crippen LogP contribution in [-0.2, 0) is 4.74 Å². The molecule has 0 fully saturated rings. The largest absolute Gasteiger partial charge is 0.475 e. The van der Waals surface area contributed by atoms with Gasteiger partial charge in [-0.2, -0.15) is 0 Å². The van der Waals surface area contributed by atoms with Crippen molar-refractivity contribution in [3.05, 3.63) is 46.8 Å². The van der Waals surface area contributed by atoms with Gasteiger partial charge in [-0.1, -0.05) is 0 Å². The van der Waals surface area contributed by atoms with Gasteiger partial charge >= 0.3 is 6.03 Å². The molecule has 128 valence electrons. The maximum absolute atomic E-state index is 13.0. The van der Waals surface area contributed by atoms with E-state index in [0.29, 0.717) is 34.9 Å². The Morgan fingerprint density at radius 3 is 2.79 bits per heavy atom. The summed E-state index contributed by atoms with van der Waals surface area (Å²) < 4.78 is 23.7. The lowest BCUT2D eigenvalue weighted by Crippen LogP contribution is -2.33. The molecule has 0 bridgehead atoms. The number of urea groups is 1. The van der Waals surface area contributed by atoms with E-state index >= 15 is 0 Å². The molecule has 1 aromatic heterocycles. The highest BCUT2D eigenvalue weighted by Crippen LogP contribution is 2.22. The highest BCUT2D eigenvalue weighted by atomic mass is 79.9. The summed E-state index contributed by atoms with van der Waals surface area (Å²) in [7, 11) is 1.58. The number of aromatic nitrogens is 1. The lowest BCUT2D eigenvalue weighted by Gasteiger charge is -2.11. The molecule has 0 aliphatic rings. The zero-order valence-corrected chi connectivity index (χ0v) is 14.4. The number of methoxy groups -OCH3 is 1. The molecule has 0 atom stereocenters. The number of nitrogens with one attached hydrogen (secondary N) is 3. The first-order valence-corrected chi connectivity index (χ1v) is 7.73. The van der Waals surface area contributed by atoms with Gasteiger partial charge in [0.05, 0.1) is 24.2 Å². The van der Waals surface area contributed by atoms with Crippen LogP contribution in [0.2, 0.25) is 0 Å². The van der Waals surface area contributed by atoms with Gasteiger partial charge in [0.2, 0.25) is 5.88 Å². The van der Waals surface area contributed by atoms with Crippen molar-refractivity contribution in [1.29, 1.82) is 0 Å². The van der Waals surface area contributed by atoms with E-state index in [-0.39, 0.29) is 5.82 Å². The Morgan fingerprint density at radius 1 is 1.29 bits per heavy atom. The lowest BCUT2D eigenvalue weighted by atomic mass is 10.3. The Kier molecular flexibility index (Phi) is 6.76. The van der Waals surface area contributed by atoms with Crippen molar-refractivity contribution < 1.29 is 18.7 Å². The van der Waals surface area contributed by atoms with Crippen LogP contribution in [0.15, 0.2) is 41.0 Å². The van der Waals surface area contributed by atoms with E-state index in [2.05, 4.69) is 37.1 Å². The van der Waals surface area contributed by atoms with E-state index in [4.69, 9.17) is 9.47 Å². The van der Waals surface area contributed by atoms with Crippen LogP contribution in [-0.4, -0.2) is 31.3 Å². The van der Waals surface area contributed by atoms with Crippen molar-refractivity contribution >= 4 is 33.3 Å². The molecule has 0 radical (unpaired) electrons. The van der Waals surface area contributed by atoms with Gasteiger partial charge in [0.1, 0.15) is 12.4 Å². The van der Waals surface area contributed by atoms with Crippen molar-refractivity contribution in [2.24, 2.45) is 0 Å². The van der Waals surface area contributed by atoms with Crippen molar-refractivity contribution in [1.82, 2.24) is 10.4 Å². The maximum Gasteiger partial charge on any atom is 0.337 e. The molecule has 24 heavy (non-hydrogen) atoms. The van der Waals surface area contributed by atoms with Crippen LogP contribution in [0.3, 0.4) is 0 Å². The summed E-state index contributed by atoms with van der Waals surface area (Å²) in [5.41, 5.74) is 6.12. The average molecular weight is 399 g/mol. The molecular weight excluding hydrogens is 383 g/mol. The van der Waals surface area contributed by atoms with Crippen LogP contribution in [0, 0.1) is 5.82 Å². The fraction of sp³-hybridized carbons (Fsp3) is 0.200. The fourth-order valence-electron chi connectivity index (χ4n) is 1.65. The molecule has 2 amide bonds. The highest BCUT2D eigenvalue weighted by Gasteiger charge is 2.05. The van der Waals surface area contributed by atoms with Gasteiger partial charge in [-0.05, 0) is 40.2 Å². The molecule has 0 saturated heterocycles. The van der Waals surface area contributed by atoms with Crippen LogP contribution in [0.5, 0.6) is 5.88 Å². The summed E-state index contributed by atoms with van der Waals surface area (Å²) in [6.45, 7) is 0.863. The number of carbonyl (C=O) groups is 1. The summed E-state index contributed by atoms with van der Waals surface area (Å²) in [5, 5.41) is 2.59. The predicted octanol–water partition coefficient (Wildman–Crippen LogP) is 3.16. The second-order valence-corrected chi connectivity index (χ2v) is 5.41. The standard InChI is InChI=1S/C15H16BrFN4O3/c1-23-6-7-24-14-5-3-11(9-18-14)19-15(22)21-20-13-4-2-10(17)8-12(13)16/h2-5,8-9,20H,6-7H2,1H3,(H2,19,21,22). The number of carbonyl (C=O) groups excluding carboxylic acids is 1. The Bertz CT molecular complexity index is 685. The first-order chi connectivity index (χ1) is 11.6. The summed E-state index contributed by atoms with van der Waals surface area (Å²) in [4.78, 5) is 15.9. The van der Waals surface area contributed by atoms with Gasteiger partial charge in [-0.15, -0.1) is 0 Å². The Hall–Kier alpha value is -2.39. The number of anilines is 2. The van der Waals surface area contributed by atoms with Crippen molar-refractivity contribution in [3.8, 4) is 5.88 Å². The van der Waals surface area contributed by atoms with Crippen LogP contribution < -0.4 is 20.9 Å². The molecular formula is C15H16BrFN4O3. The van der Waals surface area contributed by atoms with E-state index < -0.39 is 6.03 Å². The zero-order chi connectivity index (χ0) is 17.4. The van der Waals surface area contributed by atoms with Gasteiger partial charge in [-0.3, -0.25) is 10.9 Å². The highest BCUT2D eigenvalue weighted by molar-refractivity contribution is 9.10. The van der Waals surface area contributed by atoms with E-state index in [1.165, 1.54) is 24.4 Å².